The summed E-state index contributed by atoms with van der Waals surface area (Å²) in [6.45, 7) is 5.13. The Morgan fingerprint density at radius 1 is 1.08 bits per heavy atom. The first-order valence-electron chi connectivity index (χ1n) is 12.3. The Bertz CT molecular complexity index is 1500. The Morgan fingerprint density at radius 2 is 1.84 bits per heavy atom. The van der Waals surface area contributed by atoms with Crippen LogP contribution in [0.4, 0.5) is 13.2 Å². The molecule has 2 atom stereocenters. The molecule has 0 saturated carbocycles. The van der Waals surface area contributed by atoms with Crippen molar-refractivity contribution in [2.75, 3.05) is 13.1 Å². The van der Waals surface area contributed by atoms with Gasteiger partial charge >= 0.3 is 12.1 Å². The predicted octanol–water partition coefficient (Wildman–Crippen LogP) is 4.74. The molecule has 0 radical (unpaired) electrons. The maximum Gasteiger partial charge on any atom is 0.471 e. The van der Waals surface area contributed by atoms with Crippen LogP contribution in [0.25, 0.3) is 33.5 Å². The van der Waals surface area contributed by atoms with Gasteiger partial charge < -0.3 is 19.4 Å². The molecule has 3 heterocycles. The van der Waals surface area contributed by atoms with E-state index in [1.54, 1.807) is 12.1 Å². The number of carbonyl (C=O) groups is 2. The van der Waals surface area contributed by atoms with Gasteiger partial charge in [0.25, 0.3) is 5.91 Å². The lowest BCUT2D eigenvalue weighted by Gasteiger charge is -2.37. The Kier molecular flexibility index (Phi) is 6.21. The van der Waals surface area contributed by atoms with Crippen LogP contribution in [0.3, 0.4) is 0 Å². The van der Waals surface area contributed by atoms with Crippen LogP contribution in [0, 0.1) is 5.92 Å². The lowest BCUT2D eigenvalue weighted by atomic mass is 9.95. The number of rotatable bonds is 4. The van der Waals surface area contributed by atoms with Crippen molar-refractivity contribution < 1.29 is 22.8 Å². The van der Waals surface area contributed by atoms with E-state index in [-0.39, 0.29) is 18.4 Å². The molecule has 7 nitrogen and oxygen atoms in total. The number of halogens is 3. The van der Waals surface area contributed by atoms with E-state index >= 15 is 0 Å². The van der Waals surface area contributed by atoms with Crippen LogP contribution >= 0.6 is 0 Å². The summed E-state index contributed by atoms with van der Waals surface area (Å²) in [5, 5.41) is 3.15. The van der Waals surface area contributed by atoms with Crippen molar-refractivity contribution >= 4 is 33.8 Å². The van der Waals surface area contributed by atoms with Crippen molar-refractivity contribution in [3.8, 4) is 11.5 Å². The van der Waals surface area contributed by atoms with E-state index in [9.17, 15) is 22.8 Å². The molecule has 2 amide bonds. The lowest BCUT2D eigenvalue weighted by Crippen LogP contribution is -2.54. The van der Waals surface area contributed by atoms with Crippen molar-refractivity contribution in [3.05, 3.63) is 54.1 Å². The quantitative estimate of drug-likeness (QED) is 0.430. The highest BCUT2D eigenvalue weighted by Crippen LogP contribution is 2.30. The minimum absolute atomic E-state index is 0.0209. The van der Waals surface area contributed by atoms with E-state index in [4.69, 9.17) is 4.98 Å². The third kappa shape index (κ3) is 4.56. The first-order chi connectivity index (χ1) is 17.6. The summed E-state index contributed by atoms with van der Waals surface area (Å²) in [5.41, 5.74) is 4.02. The summed E-state index contributed by atoms with van der Waals surface area (Å²) in [5.74, 6) is -1.56. The number of fused-ring (bicyclic) bond motifs is 2. The Labute approximate surface area is 211 Å². The molecule has 2 aromatic carbocycles. The molecule has 2 aromatic heterocycles. The van der Waals surface area contributed by atoms with E-state index in [1.807, 2.05) is 42.1 Å². The van der Waals surface area contributed by atoms with Crippen LogP contribution < -0.4 is 5.32 Å². The summed E-state index contributed by atoms with van der Waals surface area (Å²) in [6, 6.07) is 14.8. The number of likely N-dealkylation sites (tertiary alicyclic amines) is 1. The number of alkyl halides is 3. The van der Waals surface area contributed by atoms with Gasteiger partial charge in [0.15, 0.2) is 5.82 Å². The average Bonchev–Trinajstić information content (AvgIpc) is 3.39. The molecule has 1 aliphatic heterocycles. The molecule has 1 fully saturated rings. The molecular formula is C27H28F3N5O2. The fourth-order valence-corrected chi connectivity index (χ4v) is 5.37. The van der Waals surface area contributed by atoms with Crippen LogP contribution in [0.15, 0.2) is 48.5 Å². The Balaban J connectivity index is 1.44. The van der Waals surface area contributed by atoms with Gasteiger partial charge in [-0.1, -0.05) is 25.1 Å². The molecule has 10 heteroatoms. The zero-order valence-corrected chi connectivity index (χ0v) is 20.8. The summed E-state index contributed by atoms with van der Waals surface area (Å²) in [6.07, 6.45) is -4.58. The van der Waals surface area contributed by atoms with E-state index in [0.717, 1.165) is 34.5 Å². The van der Waals surface area contributed by atoms with E-state index in [1.165, 1.54) is 4.90 Å². The topological polar surface area (TPSA) is 72.2 Å². The SMILES string of the molecule is CCn1c(-c2nc3cc(C(=O)N4CC(C)CC(NC(=O)C(F)(F)F)C4)ccc3n2C)cc2ccccc21. The molecule has 2 unspecified atom stereocenters. The van der Waals surface area contributed by atoms with Crippen LogP contribution in [0.2, 0.25) is 0 Å². The summed E-state index contributed by atoms with van der Waals surface area (Å²) >= 11 is 0. The van der Waals surface area contributed by atoms with Crippen molar-refractivity contribution in [2.45, 2.75) is 39.0 Å². The number of nitrogens with one attached hydrogen (secondary N) is 1. The molecule has 1 N–H and O–H groups in total. The number of benzene rings is 2. The normalized spacial score (nSPS) is 18.5. The molecule has 5 rings (SSSR count). The highest BCUT2D eigenvalue weighted by Gasteiger charge is 2.41. The number of hydrogen-bond acceptors (Lipinski definition) is 3. The molecule has 0 spiro atoms. The molecular weight excluding hydrogens is 483 g/mol. The molecule has 1 saturated heterocycles. The van der Waals surface area contributed by atoms with E-state index < -0.39 is 18.1 Å². The number of aromatic nitrogens is 3. The van der Waals surface area contributed by atoms with Crippen molar-refractivity contribution in [2.24, 2.45) is 13.0 Å². The number of hydrogen-bond donors (Lipinski definition) is 1. The molecule has 0 bridgehead atoms. The number of para-hydroxylation sites is 1. The molecule has 0 aliphatic carbocycles. The standard InChI is InChI=1S/C27H28F3N5O2/c1-4-35-21-8-6-5-7-17(21)13-23(35)24-32-20-12-18(9-10-22(20)33(24)3)25(36)34-14-16(2)11-19(15-34)31-26(37)27(28,29)30/h5-10,12-13,16,19H,4,11,14-15H2,1-3H3,(H,31,37). The maximum atomic E-state index is 13.3. The molecule has 4 aromatic rings. The van der Waals surface area contributed by atoms with Crippen LogP contribution in [0.5, 0.6) is 0 Å². The van der Waals surface area contributed by atoms with Gasteiger partial charge in [-0.15, -0.1) is 0 Å². The van der Waals surface area contributed by atoms with Gasteiger partial charge in [0, 0.05) is 49.2 Å². The van der Waals surface area contributed by atoms with Crippen molar-refractivity contribution in [1.82, 2.24) is 24.3 Å². The van der Waals surface area contributed by atoms with Gasteiger partial charge in [0.05, 0.1) is 16.7 Å². The number of nitrogens with zero attached hydrogens (tertiary/aromatic N) is 4. The first-order valence-corrected chi connectivity index (χ1v) is 12.3. The number of amides is 2. The number of piperidine rings is 1. The number of carbonyl (C=O) groups excluding carboxylic acids is 2. The van der Waals surface area contributed by atoms with Gasteiger partial charge in [-0.2, -0.15) is 13.2 Å². The number of aryl methyl sites for hydroxylation is 2. The molecule has 194 valence electrons. The monoisotopic (exact) mass is 511 g/mol. The summed E-state index contributed by atoms with van der Waals surface area (Å²) < 4.78 is 42.4. The second-order valence-corrected chi connectivity index (χ2v) is 9.75. The Hall–Kier alpha value is -3.82. The van der Waals surface area contributed by atoms with Gasteiger partial charge in [0.1, 0.15) is 0 Å². The largest absolute Gasteiger partial charge is 0.471 e. The molecule has 37 heavy (non-hydrogen) atoms. The van der Waals surface area contributed by atoms with Gasteiger partial charge in [-0.05, 0) is 49.6 Å². The van der Waals surface area contributed by atoms with Crippen molar-refractivity contribution in [3.63, 3.8) is 0 Å². The first kappa shape index (κ1) is 24.9. The third-order valence-electron chi connectivity index (χ3n) is 7.02. The molecule has 1 aliphatic rings. The minimum Gasteiger partial charge on any atom is -0.344 e. The third-order valence-corrected chi connectivity index (χ3v) is 7.02. The highest BCUT2D eigenvalue weighted by atomic mass is 19.4. The minimum atomic E-state index is -4.96. The lowest BCUT2D eigenvalue weighted by molar-refractivity contribution is -0.174. The Morgan fingerprint density at radius 3 is 2.57 bits per heavy atom. The van der Waals surface area contributed by atoms with Crippen LogP contribution in [-0.4, -0.2) is 56.1 Å². The van der Waals surface area contributed by atoms with E-state index in [0.29, 0.717) is 24.0 Å². The maximum absolute atomic E-state index is 13.3. The second kappa shape index (κ2) is 9.24. The fraction of sp³-hybridized carbons (Fsp3) is 0.370. The number of imidazole rings is 1. The van der Waals surface area contributed by atoms with E-state index in [2.05, 4.69) is 29.7 Å². The average molecular weight is 512 g/mol. The highest BCUT2D eigenvalue weighted by molar-refractivity contribution is 5.98. The predicted molar refractivity (Wildman–Crippen MR) is 135 cm³/mol. The summed E-state index contributed by atoms with van der Waals surface area (Å²) in [7, 11) is 1.93. The van der Waals surface area contributed by atoms with Gasteiger partial charge in [0.2, 0.25) is 0 Å². The van der Waals surface area contributed by atoms with Crippen LogP contribution in [-0.2, 0) is 18.4 Å². The van der Waals surface area contributed by atoms with Gasteiger partial charge in [-0.25, -0.2) is 4.98 Å². The fourth-order valence-electron chi connectivity index (χ4n) is 5.37. The zero-order valence-electron chi connectivity index (χ0n) is 20.8. The zero-order chi connectivity index (χ0) is 26.5. The smallest absolute Gasteiger partial charge is 0.344 e. The van der Waals surface area contributed by atoms with Crippen LogP contribution in [0.1, 0.15) is 30.6 Å². The summed E-state index contributed by atoms with van der Waals surface area (Å²) in [4.78, 5) is 31.2. The second-order valence-electron chi connectivity index (χ2n) is 9.75. The van der Waals surface area contributed by atoms with Crippen molar-refractivity contribution in [1.29, 1.82) is 0 Å². The van der Waals surface area contributed by atoms with Gasteiger partial charge in [-0.3, -0.25) is 9.59 Å².